The highest BCUT2D eigenvalue weighted by Crippen LogP contribution is 2.32. The molecule has 0 radical (unpaired) electrons. The Morgan fingerprint density at radius 3 is 2.18 bits per heavy atom. The highest BCUT2D eigenvalue weighted by molar-refractivity contribution is 7.91. The molecule has 0 fully saturated rings. The zero-order valence-electron chi connectivity index (χ0n) is 23.2. The first kappa shape index (κ1) is 35.5. The van der Waals surface area contributed by atoms with Gasteiger partial charge in [0.15, 0.2) is 32.8 Å². The molecule has 5 rings (SSSR count). The van der Waals surface area contributed by atoms with E-state index < -0.39 is 28.0 Å². The summed E-state index contributed by atoms with van der Waals surface area (Å²) in [5.41, 5.74) is 1.14. The second-order valence-corrected chi connectivity index (χ2v) is 12.2. The molecule has 8 nitrogen and oxygen atoms in total. The van der Waals surface area contributed by atoms with Gasteiger partial charge in [0.2, 0.25) is 0 Å². The van der Waals surface area contributed by atoms with Crippen LogP contribution >= 0.6 is 23.2 Å². The average molecular weight is 686 g/mol. The van der Waals surface area contributed by atoms with E-state index in [1.807, 2.05) is 24.3 Å². The zero-order chi connectivity index (χ0) is 32.1. The molecular formula is C31H29Cl2F3N2O6S. The van der Waals surface area contributed by atoms with Crippen LogP contribution < -0.4 is 19.6 Å². The van der Waals surface area contributed by atoms with E-state index >= 15 is 0 Å². The summed E-state index contributed by atoms with van der Waals surface area (Å²) < 4.78 is 76.1. The van der Waals surface area contributed by atoms with Crippen LogP contribution in [0.25, 0.3) is 21.8 Å². The van der Waals surface area contributed by atoms with Gasteiger partial charge in [-0.1, -0.05) is 61.8 Å². The van der Waals surface area contributed by atoms with Crippen molar-refractivity contribution in [2.24, 2.45) is 0 Å². The van der Waals surface area contributed by atoms with Crippen LogP contribution in [0.1, 0.15) is 19.9 Å². The van der Waals surface area contributed by atoms with Crippen molar-refractivity contribution in [2.75, 3.05) is 19.5 Å². The topological polar surface area (TPSA) is 108 Å². The summed E-state index contributed by atoms with van der Waals surface area (Å²) in [5, 5.41) is 1.54. The Balaban J connectivity index is 0.000000256. The Morgan fingerprint density at radius 1 is 0.911 bits per heavy atom. The lowest BCUT2D eigenvalue weighted by Crippen LogP contribution is -2.20. The maximum absolute atomic E-state index is 12.3. The van der Waals surface area contributed by atoms with Gasteiger partial charge >= 0.3 is 6.18 Å². The number of hydrogen-bond acceptors (Lipinski definition) is 7. The number of methoxy groups -OCH3 is 1. The van der Waals surface area contributed by atoms with Crippen molar-refractivity contribution in [3.8, 4) is 17.4 Å². The number of nitrogens with zero attached hydrogens (tertiary/aromatic N) is 1. The first-order valence-electron chi connectivity index (χ1n) is 12.9. The molecule has 0 unspecified atom stereocenters. The van der Waals surface area contributed by atoms with E-state index in [0.29, 0.717) is 27.1 Å². The Kier molecular flexibility index (Phi) is 11.7. The number of benzene rings is 3. The fourth-order valence-corrected chi connectivity index (χ4v) is 5.17. The summed E-state index contributed by atoms with van der Waals surface area (Å²) in [6, 6.07) is 19.8. The molecule has 3 aromatic carbocycles. The number of aromatic nitrogens is 2. The van der Waals surface area contributed by atoms with E-state index in [9.17, 15) is 26.4 Å². The lowest BCUT2D eigenvalue weighted by Gasteiger charge is -2.12. The van der Waals surface area contributed by atoms with Crippen molar-refractivity contribution >= 4 is 54.8 Å². The summed E-state index contributed by atoms with van der Waals surface area (Å²) in [6.07, 6.45) is -4.47. The molecule has 0 aliphatic heterocycles. The van der Waals surface area contributed by atoms with Crippen LogP contribution in [-0.4, -0.2) is 44.0 Å². The van der Waals surface area contributed by atoms with E-state index in [1.165, 1.54) is 18.2 Å². The van der Waals surface area contributed by atoms with E-state index in [0.717, 1.165) is 17.4 Å². The minimum Gasteiger partial charge on any atom is -0.497 e. The first-order valence-corrected chi connectivity index (χ1v) is 15.3. The molecule has 0 aliphatic rings. The van der Waals surface area contributed by atoms with Crippen molar-refractivity contribution in [1.82, 2.24) is 9.97 Å². The predicted octanol–water partition coefficient (Wildman–Crippen LogP) is 8.03. The van der Waals surface area contributed by atoms with Crippen LogP contribution in [0.15, 0.2) is 82.6 Å². The molecule has 5 aromatic rings. The number of para-hydroxylation sites is 2. The summed E-state index contributed by atoms with van der Waals surface area (Å²) in [7, 11) is -1.88. The molecule has 2 heterocycles. The number of aromatic amines is 1. The number of H-pyrrole nitrogens is 1. The van der Waals surface area contributed by atoms with Crippen molar-refractivity contribution in [2.45, 2.75) is 32.2 Å². The summed E-state index contributed by atoms with van der Waals surface area (Å²) >= 11 is 12.1. The van der Waals surface area contributed by atoms with Gasteiger partial charge < -0.3 is 19.2 Å². The molecule has 45 heavy (non-hydrogen) atoms. The van der Waals surface area contributed by atoms with Gasteiger partial charge in [-0.2, -0.15) is 13.2 Å². The normalized spacial score (nSPS) is 11.4. The number of alkyl halides is 3. The Labute approximate surface area is 267 Å². The Morgan fingerprint density at radius 2 is 1.56 bits per heavy atom. The van der Waals surface area contributed by atoms with Gasteiger partial charge in [0.25, 0.3) is 0 Å². The van der Waals surface area contributed by atoms with Crippen molar-refractivity contribution in [3.05, 3.63) is 98.6 Å². The smallest absolute Gasteiger partial charge is 0.422 e. The number of hydrogen-bond donors (Lipinski definition) is 1. The van der Waals surface area contributed by atoms with Crippen LogP contribution in [0.5, 0.6) is 17.4 Å². The summed E-state index contributed by atoms with van der Waals surface area (Å²) in [5.74, 6) is 0.873. The third kappa shape index (κ3) is 9.03. The van der Waals surface area contributed by atoms with Gasteiger partial charge in [-0.15, -0.1) is 0 Å². The Bertz CT molecular complexity index is 1950. The van der Waals surface area contributed by atoms with Gasteiger partial charge in [-0.25, -0.2) is 13.4 Å². The van der Waals surface area contributed by atoms with Crippen LogP contribution in [0.4, 0.5) is 13.2 Å². The second kappa shape index (κ2) is 14.9. The molecule has 2 aromatic heterocycles. The molecule has 0 bridgehead atoms. The largest absolute Gasteiger partial charge is 0.497 e. The summed E-state index contributed by atoms with van der Waals surface area (Å²) in [6.45, 7) is 0.381. The number of nitrogens with one attached hydrogen (secondary N) is 1. The van der Waals surface area contributed by atoms with Crippen molar-refractivity contribution < 1.29 is 35.8 Å². The standard InChI is InChI=1S/C19H18ClNO4S.C11H7ClF3NO2.CH4/c1-3-26(22,23)18-11-17(15-5-4-6-16(20)19(15)21-18)25-12-13-7-9-14(24-2)10-8-13;12-7-3-1-2-6-8(17)4-9(16-10(6)7)18-5-11(13,14)15;/h4-11H,3,12H2,1-2H3;1-4H,5H2,(H,16,17);1H4. The SMILES string of the molecule is C.CCS(=O)(=O)c1cc(OCc2ccc(OC)cc2)c2cccc(Cl)c2n1.O=c1cc(OCC(F)(F)F)[nH]c2c(Cl)cccc12. The monoisotopic (exact) mass is 684 g/mol. The molecule has 0 aliphatic carbocycles. The fourth-order valence-electron chi connectivity index (χ4n) is 3.92. The number of halogens is 5. The number of pyridine rings is 2. The van der Waals surface area contributed by atoms with E-state index in [1.54, 1.807) is 38.3 Å². The molecule has 0 atom stereocenters. The third-order valence-electron chi connectivity index (χ3n) is 6.16. The highest BCUT2D eigenvalue weighted by Gasteiger charge is 2.28. The van der Waals surface area contributed by atoms with Crippen LogP contribution in [0.2, 0.25) is 10.0 Å². The molecule has 0 saturated heterocycles. The highest BCUT2D eigenvalue weighted by atomic mass is 35.5. The summed E-state index contributed by atoms with van der Waals surface area (Å²) in [4.78, 5) is 18.4. The second-order valence-electron chi connectivity index (χ2n) is 9.20. The lowest BCUT2D eigenvalue weighted by molar-refractivity contribution is -0.154. The molecule has 240 valence electrons. The minimum absolute atomic E-state index is 0. The predicted molar refractivity (Wildman–Crippen MR) is 170 cm³/mol. The van der Waals surface area contributed by atoms with Gasteiger partial charge in [0.05, 0.1) is 33.9 Å². The third-order valence-corrected chi connectivity index (χ3v) is 8.39. The number of ether oxygens (including phenoxy) is 3. The molecular weight excluding hydrogens is 656 g/mol. The Hall–Kier alpha value is -4.00. The molecule has 14 heteroatoms. The van der Waals surface area contributed by atoms with Gasteiger partial charge in [-0.05, 0) is 42.0 Å². The van der Waals surface area contributed by atoms with E-state index in [2.05, 4.69) is 14.7 Å². The van der Waals surface area contributed by atoms with Crippen molar-refractivity contribution in [3.63, 3.8) is 0 Å². The number of sulfone groups is 1. The number of fused-ring (bicyclic) bond motifs is 2. The maximum atomic E-state index is 12.3. The van der Waals surface area contributed by atoms with Gasteiger partial charge in [0.1, 0.15) is 18.1 Å². The first-order chi connectivity index (χ1) is 20.8. The van der Waals surface area contributed by atoms with E-state index in [4.69, 9.17) is 32.7 Å². The minimum atomic E-state index is -4.47. The zero-order valence-corrected chi connectivity index (χ0v) is 25.6. The molecule has 0 spiro atoms. The quantitative estimate of drug-likeness (QED) is 0.176. The molecule has 0 amide bonds. The van der Waals surface area contributed by atoms with E-state index in [-0.39, 0.29) is 41.2 Å². The van der Waals surface area contributed by atoms with Crippen LogP contribution in [0.3, 0.4) is 0 Å². The van der Waals surface area contributed by atoms with Crippen LogP contribution in [-0.2, 0) is 16.4 Å². The van der Waals surface area contributed by atoms with Gasteiger partial charge in [-0.3, -0.25) is 4.79 Å². The number of rotatable bonds is 8. The fraction of sp³-hybridized carbons (Fsp3) is 0.226. The lowest BCUT2D eigenvalue weighted by atomic mass is 10.2. The average Bonchev–Trinajstić information content (AvgIpc) is 3.00. The molecule has 1 N–H and O–H groups in total. The van der Waals surface area contributed by atoms with Crippen LogP contribution in [0, 0.1) is 0 Å². The maximum Gasteiger partial charge on any atom is 0.422 e. The van der Waals surface area contributed by atoms with Gasteiger partial charge in [0, 0.05) is 22.9 Å². The molecule has 0 saturated carbocycles. The van der Waals surface area contributed by atoms with Crippen molar-refractivity contribution in [1.29, 1.82) is 0 Å².